The third kappa shape index (κ3) is 5.53. The van der Waals surface area contributed by atoms with Crippen molar-refractivity contribution in [1.29, 1.82) is 0 Å². The molecule has 1 saturated heterocycles. The lowest BCUT2D eigenvalue weighted by Crippen LogP contribution is -2.41. The van der Waals surface area contributed by atoms with Gasteiger partial charge in [-0.3, -0.25) is 14.4 Å². The van der Waals surface area contributed by atoms with Gasteiger partial charge in [-0.1, -0.05) is 12.8 Å². The molecule has 0 aliphatic carbocycles. The average molecular weight is 302 g/mol. The molecule has 1 aliphatic rings. The quantitative estimate of drug-likeness (QED) is 0.837. The van der Waals surface area contributed by atoms with Crippen molar-refractivity contribution < 1.29 is 4.79 Å². The Balaban J connectivity index is 1.70. The zero-order valence-electron chi connectivity index (χ0n) is 13.6. The largest absolute Gasteiger partial charge is 0.354 e. The van der Waals surface area contributed by atoms with Crippen LogP contribution in [0.5, 0.6) is 0 Å². The molecule has 1 unspecified atom stereocenters. The minimum absolute atomic E-state index is 0.0333. The maximum atomic E-state index is 11.9. The summed E-state index contributed by atoms with van der Waals surface area (Å²) < 4.78 is 1.68. The molecule has 2 heterocycles. The number of hydrogen-bond donors (Lipinski definition) is 1. The molecule has 1 fully saturated rings. The van der Waals surface area contributed by atoms with E-state index in [1.54, 1.807) is 10.9 Å². The standard InChI is InChI=1S/C17H26N4O/c1-3-4-5-8-20-9-6-7-16(13-20)11-18-17(22)14-21-12-15(2)10-19-21/h10,12,16H,3,6-9,11,13-14H2,1-2H3,(H,18,22). The second-order valence-corrected chi connectivity index (χ2v) is 5.97. The Hall–Kier alpha value is -1.80. The molecule has 1 aliphatic heterocycles. The van der Waals surface area contributed by atoms with Crippen molar-refractivity contribution in [3.63, 3.8) is 0 Å². The highest BCUT2D eigenvalue weighted by Crippen LogP contribution is 2.15. The lowest BCUT2D eigenvalue weighted by Gasteiger charge is -2.31. The Bertz CT molecular complexity index is 540. The number of rotatable bonds is 5. The molecule has 0 saturated carbocycles. The molecule has 0 aromatic carbocycles. The number of amides is 1. The third-order valence-corrected chi connectivity index (χ3v) is 3.86. The van der Waals surface area contributed by atoms with Gasteiger partial charge in [-0.15, -0.1) is 5.92 Å². The lowest BCUT2D eigenvalue weighted by molar-refractivity contribution is -0.122. The van der Waals surface area contributed by atoms with Crippen LogP contribution in [0.3, 0.4) is 0 Å². The highest BCUT2D eigenvalue weighted by molar-refractivity contribution is 5.75. The number of carbonyl (C=O) groups excluding carboxylic acids is 1. The van der Waals surface area contributed by atoms with Crippen LogP contribution >= 0.6 is 0 Å². The first-order valence-corrected chi connectivity index (χ1v) is 8.11. The molecule has 120 valence electrons. The number of carbonyl (C=O) groups is 1. The Morgan fingerprint density at radius 1 is 1.50 bits per heavy atom. The van der Waals surface area contributed by atoms with Crippen molar-refractivity contribution >= 4 is 5.91 Å². The Labute approximate surface area is 133 Å². The van der Waals surface area contributed by atoms with E-state index in [4.69, 9.17) is 0 Å². The zero-order valence-corrected chi connectivity index (χ0v) is 13.6. The van der Waals surface area contributed by atoms with Crippen LogP contribution in [0.4, 0.5) is 0 Å². The van der Waals surface area contributed by atoms with Gasteiger partial charge in [0.1, 0.15) is 6.54 Å². The van der Waals surface area contributed by atoms with E-state index in [1.165, 1.54) is 12.8 Å². The fourth-order valence-electron chi connectivity index (χ4n) is 2.77. The summed E-state index contributed by atoms with van der Waals surface area (Å²) in [5.74, 6) is 6.88. The molecular formula is C17H26N4O. The lowest BCUT2D eigenvalue weighted by atomic mass is 9.98. The molecule has 0 bridgehead atoms. The Morgan fingerprint density at radius 2 is 2.36 bits per heavy atom. The predicted molar refractivity (Wildman–Crippen MR) is 87.2 cm³/mol. The van der Waals surface area contributed by atoms with Gasteiger partial charge >= 0.3 is 0 Å². The molecule has 1 atom stereocenters. The first kappa shape index (κ1) is 16.6. The van der Waals surface area contributed by atoms with Gasteiger partial charge in [0.25, 0.3) is 0 Å². The van der Waals surface area contributed by atoms with Gasteiger partial charge in [0.15, 0.2) is 0 Å². The van der Waals surface area contributed by atoms with E-state index in [2.05, 4.69) is 34.1 Å². The van der Waals surface area contributed by atoms with Crippen LogP contribution < -0.4 is 5.32 Å². The van der Waals surface area contributed by atoms with E-state index in [-0.39, 0.29) is 5.91 Å². The minimum Gasteiger partial charge on any atom is -0.354 e. The average Bonchev–Trinajstić information content (AvgIpc) is 2.91. The molecule has 1 amide bonds. The summed E-state index contributed by atoms with van der Waals surface area (Å²) >= 11 is 0. The predicted octanol–water partition coefficient (Wildman–Crippen LogP) is 1.43. The number of aryl methyl sites for hydroxylation is 1. The number of aromatic nitrogens is 2. The molecule has 1 aromatic rings. The monoisotopic (exact) mass is 302 g/mol. The molecule has 0 radical (unpaired) electrons. The van der Waals surface area contributed by atoms with Gasteiger partial charge in [-0.05, 0) is 37.8 Å². The fraction of sp³-hybridized carbons (Fsp3) is 0.647. The van der Waals surface area contributed by atoms with E-state index >= 15 is 0 Å². The first-order chi connectivity index (χ1) is 10.7. The van der Waals surface area contributed by atoms with E-state index in [1.807, 2.05) is 13.1 Å². The number of nitrogens with zero attached hydrogens (tertiary/aromatic N) is 3. The van der Waals surface area contributed by atoms with Crippen molar-refractivity contribution in [3.8, 4) is 11.8 Å². The summed E-state index contributed by atoms with van der Waals surface area (Å²) in [5.41, 5.74) is 1.07. The van der Waals surface area contributed by atoms with Gasteiger partial charge in [-0.2, -0.15) is 5.10 Å². The maximum Gasteiger partial charge on any atom is 0.241 e. The van der Waals surface area contributed by atoms with Crippen molar-refractivity contribution in [2.75, 3.05) is 26.2 Å². The summed E-state index contributed by atoms with van der Waals surface area (Å²) in [6.45, 7) is 8.09. The third-order valence-electron chi connectivity index (χ3n) is 3.86. The Morgan fingerprint density at radius 3 is 3.09 bits per heavy atom. The van der Waals surface area contributed by atoms with Crippen LogP contribution in [-0.2, 0) is 11.3 Å². The van der Waals surface area contributed by atoms with Crippen LogP contribution in [-0.4, -0.2) is 46.8 Å². The molecular weight excluding hydrogens is 276 g/mol. The van der Waals surface area contributed by atoms with Crippen LogP contribution in [0.25, 0.3) is 0 Å². The van der Waals surface area contributed by atoms with E-state index in [0.29, 0.717) is 12.5 Å². The summed E-state index contributed by atoms with van der Waals surface area (Å²) in [7, 11) is 0. The second-order valence-electron chi connectivity index (χ2n) is 5.97. The summed E-state index contributed by atoms with van der Waals surface area (Å²) in [5, 5.41) is 7.17. The number of piperidine rings is 1. The topological polar surface area (TPSA) is 50.2 Å². The molecule has 1 aromatic heterocycles. The van der Waals surface area contributed by atoms with E-state index in [9.17, 15) is 4.79 Å². The van der Waals surface area contributed by atoms with Gasteiger partial charge in [0.2, 0.25) is 5.91 Å². The van der Waals surface area contributed by atoms with Crippen LogP contribution in [0.2, 0.25) is 0 Å². The maximum absolute atomic E-state index is 11.9. The minimum atomic E-state index is 0.0333. The van der Waals surface area contributed by atoms with Gasteiger partial charge in [-0.25, -0.2) is 0 Å². The van der Waals surface area contributed by atoms with Crippen molar-refractivity contribution in [2.45, 2.75) is 39.7 Å². The van der Waals surface area contributed by atoms with Gasteiger partial charge in [0, 0.05) is 25.7 Å². The first-order valence-electron chi connectivity index (χ1n) is 8.11. The van der Waals surface area contributed by atoms with Crippen LogP contribution in [0.1, 0.15) is 31.7 Å². The SMILES string of the molecule is CCC#CCN1CCCC(CNC(=O)Cn2cc(C)cn2)C1. The molecule has 22 heavy (non-hydrogen) atoms. The number of hydrogen-bond acceptors (Lipinski definition) is 3. The zero-order chi connectivity index (χ0) is 15.8. The summed E-state index contributed by atoms with van der Waals surface area (Å²) in [6, 6.07) is 0. The van der Waals surface area contributed by atoms with Crippen molar-refractivity contribution in [1.82, 2.24) is 20.0 Å². The number of nitrogens with one attached hydrogen (secondary N) is 1. The molecule has 5 heteroatoms. The van der Waals surface area contributed by atoms with Crippen LogP contribution in [0, 0.1) is 24.7 Å². The smallest absolute Gasteiger partial charge is 0.241 e. The summed E-state index contributed by atoms with van der Waals surface area (Å²) in [4.78, 5) is 14.3. The van der Waals surface area contributed by atoms with Gasteiger partial charge in [0.05, 0.1) is 12.7 Å². The summed E-state index contributed by atoms with van der Waals surface area (Å²) in [6.07, 6.45) is 6.93. The Kier molecular flexibility index (Phi) is 6.47. The molecule has 2 rings (SSSR count). The van der Waals surface area contributed by atoms with E-state index < -0.39 is 0 Å². The van der Waals surface area contributed by atoms with Gasteiger partial charge < -0.3 is 5.32 Å². The fourth-order valence-corrected chi connectivity index (χ4v) is 2.77. The molecule has 5 nitrogen and oxygen atoms in total. The van der Waals surface area contributed by atoms with Crippen molar-refractivity contribution in [3.05, 3.63) is 18.0 Å². The van der Waals surface area contributed by atoms with E-state index in [0.717, 1.165) is 38.2 Å². The van der Waals surface area contributed by atoms with Crippen molar-refractivity contribution in [2.24, 2.45) is 5.92 Å². The molecule has 0 spiro atoms. The highest BCUT2D eigenvalue weighted by Gasteiger charge is 2.19. The number of likely N-dealkylation sites (tertiary alicyclic amines) is 1. The normalized spacial score (nSPS) is 18.5. The molecule has 1 N–H and O–H groups in total. The highest BCUT2D eigenvalue weighted by atomic mass is 16.2. The second kappa shape index (κ2) is 8.60. The van der Waals surface area contributed by atoms with Crippen LogP contribution in [0.15, 0.2) is 12.4 Å².